The van der Waals surface area contributed by atoms with Gasteiger partial charge >= 0.3 is 0 Å². The van der Waals surface area contributed by atoms with E-state index in [9.17, 15) is 4.79 Å². The Morgan fingerprint density at radius 1 is 1.17 bits per heavy atom. The standard InChI is InChI=1S/C15H14ClNO/c16-13-7-9-15(18)17-10-12(6-8-14(13)17)11-4-2-1-3-5-11/h1-7,14H,8-10H2/t14-/m0/s1. The molecule has 0 saturated heterocycles. The highest BCUT2D eigenvalue weighted by Gasteiger charge is 2.32. The zero-order valence-corrected chi connectivity index (χ0v) is 10.7. The summed E-state index contributed by atoms with van der Waals surface area (Å²) in [6.07, 6.45) is 5.28. The molecule has 3 heteroatoms. The van der Waals surface area contributed by atoms with E-state index >= 15 is 0 Å². The van der Waals surface area contributed by atoms with E-state index < -0.39 is 0 Å². The van der Waals surface area contributed by atoms with Gasteiger partial charge in [0.2, 0.25) is 5.91 Å². The lowest BCUT2D eigenvalue weighted by molar-refractivity contribution is -0.131. The molecule has 0 aliphatic carbocycles. The van der Waals surface area contributed by atoms with Crippen molar-refractivity contribution >= 4 is 23.1 Å². The molecule has 0 unspecified atom stereocenters. The van der Waals surface area contributed by atoms with E-state index in [1.165, 1.54) is 11.1 Å². The lowest BCUT2D eigenvalue weighted by Gasteiger charge is -2.37. The molecule has 0 radical (unpaired) electrons. The van der Waals surface area contributed by atoms with Crippen LogP contribution in [0.2, 0.25) is 0 Å². The van der Waals surface area contributed by atoms with Crippen LogP contribution in [0.15, 0.2) is 47.5 Å². The van der Waals surface area contributed by atoms with Crippen molar-refractivity contribution in [3.63, 3.8) is 0 Å². The van der Waals surface area contributed by atoms with Crippen LogP contribution in [0, 0.1) is 0 Å². The summed E-state index contributed by atoms with van der Waals surface area (Å²) in [6.45, 7) is 0.664. The van der Waals surface area contributed by atoms with Crippen LogP contribution in [-0.2, 0) is 4.79 Å². The number of hydrogen-bond donors (Lipinski definition) is 0. The van der Waals surface area contributed by atoms with E-state index in [1.807, 2.05) is 29.2 Å². The first-order valence-electron chi connectivity index (χ1n) is 6.15. The Bertz CT molecular complexity index is 533. The van der Waals surface area contributed by atoms with Crippen LogP contribution in [0.25, 0.3) is 5.57 Å². The minimum absolute atomic E-state index is 0.0559. The average Bonchev–Trinajstić information content (AvgIpc) is 2.44. The van der Waals surface area contributed by atoms with E-state index in [-0.39, 0.29) is 11.9 Å². The summed E-state index contributed by atoms with van der Waals surface area (Å²) in [4.78, 5) is 13.8. The van der Waals surface area contributed by atoms with E-state index in [1.54, 1.807) is 0 Å². The Morgan fingerprint density at radius 2 is 1.94 bits per heavy atom. The van der Waals surface area contributed by atoms with Gasteiger partial charge in [-0.15, -0.1) is 0 Å². The molecule has 0 spiro atoms. The summed E-state index contributed by atoms with van der Waals surface area (Å²) in [5.74, 6) is 0.172. The first kappa shape index (κ1) is 11.5. The second-order valence-corrected chi connectivity index (χ2v) is 5.10. The fourth-order valence-electron chi connectivity index (χ4n) is 2.56. The number of fused-ring (bicyclic) bond motifs is 1. The van der Waals surface area contributed by atoms with Crippen molar-refractivity contribution in [2.75, 3.05) is 6.54 Å². The number of carbonyl (C=O) groups is 1. The van der Waals surface area contributed by atoms with Gasteiger partial charge in [-0.25, -0.2) is 0 Å². The van der Waals surface area contributed by atoms with Gasteiger partial charge in [-0.05, 0) is 17.6 Å². The summed E-state index contributed by atoms with van der Waals surface area (Å²) in [5.41, 5.74) is 2.40. The Balaban J connectivity index is 1.91. The third-order valence-electron chi connectivity index (χ3n) is 3.56. The molecule has 1 amide bonds. The summed E-state index contributed by atoms with van der Waals surface area (Å²) >= 11 is 6.19. The lowest BCUT2D eigenvalue weighted by Crippen LogP contribution is -2.45. The largest absolute Gasteiger partial charge is 0.330 e. The third kappa shape index (κ3) is 1.97. The molecular weight excluding hydrogens is 246 g/mol. The van der Waals surface area contributed by atoms with Crippen LogP contribution in [0.1, 0.15) is 18.4 Å². The predicted octanol–water partition coefficient (Wildman–Crippen LogP) is 3.20. The van der Waals surface area contributed by atoms with Gasteiger partial charge in [0.1, 0.15) is 0 Å². The zero-order chi connectivity index (χ0) is 12.5. The normalized spacial score (nSPS) is 23.3. The van der Waals surface area contributed by atoms with E-state index in [4.69, 9.17) is 11.6 Å². The molecule has 2 aliphatic rings. The number of carbonyl (C=O) groups excluding carboxylic acids is 1. The first-order valence-corrected chi connectivity index (χ1v) is 6.53. The Labute approximate surface area is 112 Å². The van der Waals surface area contributed by atoms with E-state index in [2.05, 4.69) is 18.2 Å². The topological polar surface area (TPSA) is 20.3 Å². The van der Waals surface area contributed by atoms with Crippen molar-refractivity contribution in [1.82, 2.24) is 4.90 Å². The summed E-state index contributed by atoms with van der Waals surface area (Å²) in [5, 5.41) is 0.804. The molecule has 18 heavy (non-hydrogen) atoms. The van der Waals surface area contributed by atoms with Crippen molar-refractivity contribution in [3.05, 3.63) is 53.1 Å². The van der Waals surface area contributed by atoms with Gasteiger partial charge in [0.25, 0.3) is 0 Å². The summed E-state index contributed by atoms with van der Waals surface area (Å²) < 4.78 is 0. The monoisotopic (exact) mass is 259 g/mol. The highest BCUT2D eigenvalue weighted by molar-refractivity contribution is 6.30. The second-order valence-electron chi connectivity index (χ2n) is 4.66. The van der Waals surface area contributed by atoms with Gasteiger partial charge < -0.3 is 4.90 Å². The maximum absolute atomic E-state index is 11.9. The molecule has 0 fully saturated rings. The van der Waals surface area contributed by atoms with Crippen LogP contribution >= 0.6 is 11.6 Å². The Kier molecular flexibility index (Phi) is 2.96. The number of hydrogen-bond acceptors (Lipinski definition) is 1. The quantitative estimate of drug-likeness (QED) is 0.759. The second kappa shape index (κ2) is 4.62. The Morgan fingerprint density at radius 3 is 2.72 bits per heavy atom. The van der Waals surface area contributed by atoms with Gasteiger partial charge in [0, 0.05) is 18.0 Å². The Hall–Kier alpha value is -1.54. The third-order valence-corrected chi connectivity index (χ3v) is 3.97. The van der Waals surface area contributed by atoms with Gasteiger partial charge in [0.15, 0.2) is 0 Å². The molecular formula is C15H14ClNO. The maximum atomic E-state index is 11.9. The lowest BCUT2D eigenvalue weighted by atomic mass is 9.94. The van der Waals surface area contributed by atoms with Gasteiger partial charge in [-0.2, -0.15) is 0 Å². The SMILES string of the molecule is O=C1CC=C(Cl)[C@@H]2CC=C(c3ccccc3)CN12. The maximum Gasteiger partial charge on any atom is 0.227 e. The van der Waals surface area contributed by atoms with Crippen molar-refractivity contribution in [3.8, 4) is 0 Å². The molecule has 1 atom stereocenters. The van der Waals surface area contributed by atoms with E-state index in [0.717, 1.165) is 11.5 Å². The predicted molar refractivity (Wildman–Crippen MR) is 73.1 cm³/mol. The molecule has 3 rings (SSSR count). The fourth-order valence-corrected chi connectivity index (χ4v) is 2.85. The molecule has 1 aromatic rings. The van der Waals surface area contributed by atoms with Crippen molar-refractivity contribution in [1.29, 1.82) is 0 Å². The summed E-state index contributed by atoms with van der Waals surface area (Å²) in [7, 11) is 0. The molecule has 2 aliphatic heterocycles. The molecule has 0 aromatic heterocycles. The smallest absolute Gasteiger partial charge is 0.227 e. The van der Waals surface area contributed by atoms with Crippen LogP contribution < -0.4 is 0 Å². The number of benzene rings is 1. The van der Waals surface area contributed by atoms with E-state index in [0.29, 0.717) is 13.0 Å². The molecule has 0 bridgehead atoms. The fraction of sp³-hybridized carbons (Fsp3) is 0.267. The van der Waals surface area contributed by atoms with Crippen LogP contribution in [0.4, 0.5) is 0 Å². The molecule has 1 aromatic carbocycles. The van der Waals surface area contributed by atoms with Crippen molar-refractivity contribution < 1.29 is 4.79 Å². The van der Waals surface area contributed by atoms with Crippen LogP contribution in [0.3, 0.4) is 0 Å². The number of nitrogens with zero attached hydrogens (tertiary/aromatic N) is 1. The zero-order valence-electron chi connectivity index (χ0n) is 9.97. The number of amides is 1. The van der Waals surface area contributed by atoms with Gasteiger partial charge in [0.05, 0.1) is 6.04 Å². The number of rotatable bonds is 1. The minimum atomic E-state index is 0.0559. The molecule has 2 nitrogen and oxygen atoms in total. The van der Waals surface area contributed by atoms with Crippen LogP contribution in [0.5, 0.6) is 0 Å². The molecule has 92 valence electrons. The molecule has 0 N–H and O–H groups in total. The van der Waals surface area contributed by atoms with Gasteiger partial charge in [-0.3, -0.25) is 4.79 Å². The highest BCUT2D eigenvalue weighted by Crippen LogP contribution is 2.32. The molecule has 0 saturated carbocycles. The number of halogens is 1. The highest BCUT2D eigenvalue weighted by atomic mass is 35.5. The van der Waals surface area contributed by atoms with Crippen molar-refractivity contribution in [2.24, 2.45) is 0 Å². The minimum Gasteiger partial charge on any atom is -0.330 e. The van der Waals surface area contributed by atoms with Crippen LogP contribution in [-0.4, -0.2) is 23.4 Å². The molecule has 2 heterocycles. The van der Waals surface area contributed by atoms with Gasteiger partial charge in [-0.1, -0.05) is 54.1 Å². The summed E-state index contributed by atoms with van der Waals surface area (Å²) in [6, 6.07) is 10.3. The first-order chi connectivity index (χ1) is 8.75. The average molecular weight is 260 g/mol. The van der Waals surface area contributed by atoms with Crippen molar-refractivity contribution in [2.45, 2.75) is 18.9 Å².